The fourth-order valence-corrected chi connectivity index (χ4v) is 2.07. The minimum Gasteiger partial charge on any atom is -0.387 e. The Hall–Kier alpha value is -1.61. The van der Waals surface area contributed by atoms with Crippen LogP contribution in [0.4, 0.5) is 0 Å². The predicted molar refractivity (Wildman–Crippen MR) is 67.7 cm³/mol. The number of imidazole rings is 1. The zero-order valence-electron chi connectivity index (χ0n) is 10.3. The minimum absolute atomic E-state index is 0.476. The molecule has 0 radical (unpaired) electrons. The van der Waals surface area contributed by atoms with Gasteiger partial charge in [-0.15, -0.1) is 0 Å². The Morgan fingerprint density at radius 1 is 1.35 bits per heavy atom. The van der Waals surface area contributed by atoms with Gasteiger partial charge in [0.2, 0.25) is 0 Å². The molecule has 90 valence electrons. The number of benzene rings is 1. The van der Waals surface area contributed by atoms with E-state index in [-0.39, 0.29) is 0 Å². The van der Waals surface area contributed by atoms with Crippen molar-refractivity contribution in [3.63, 3.8) is 0 Å². The summed E-state index contributed by atoms with van der Waals surface area (Å²) in [5.41, 5.74) is 2.11. The molecule has 3 heteroatoms. The fraction of sp³-hybridized carbons (Fsp3) is 0.357. The average molecular weight is 230 g/mol. The topological polar surface area (TPSA) is 38.0 Å². The highest BCUT2D eigenvalue weighted by molar-refractivity contribution is 5.27. The molecule has 0 aliphatic carbocycles. The summed E-state index contributed by atoms with van der Waals surface area (Å²) in [5.74, 6) is 1.01. The number of aryl methyl sites for hydroxylation is 2. The largest absolute Gasteiger partial charge is 0.387 e. The number of nitrogens with zero attached hydrogens (tertiary/aromatic N) is 2. The lowest BCUT2D eigenvalue weighted by molar-refractivity contribution is 0.154. The smallest absolute Gasteiger partial charge is 0.108 e. The second-order valence-electron chi connectivity index (χ2n) is 4.22. The van der Waals surface area contributed by atoms with Crippen molar-refractivity contribution in [2.24, 2.45) is 0 Å². The maximum atomic E-state index is 10.2. The molecule has 3 nitrogen and oxygen atoms in total. The normalized spacial score (nSPS) is 12.6. The van der Waals surface area contributed by atoms with Crippen LogP contribution in [0.15, 0.2) is 36.7 Å². The van der Waals surface area contributed by atoms with Crippen LogP contribution in [0, 0.1) is 6.92 Å². The number of aromatic nitrogens is 2. The van der Waals surface area contributed by atoms with Gasteiger partial charge in [-0.3, -0.25) is 0 Å². The molecule has 1 aromatic heterocycles. The first kappa shape index (κ1) is 11.9. The lowest BCUT2D eigenvalue weighted by Gasteiger charge is -2.15. The third kappa shape index (κ3) is 2.56. The molecule has 0 fully saturated rings. The summed E-state index contributed by atoms with van der Waals surface area (Å²) in [7, 11) is 0. The van der Waals surface area contributed by atoms with Gasteiger partial charge in [0, 0.05) is 18.8 Å². The first-order valence-corrected chi connectivity index (χ1v) is 5.96. The van der Waals surface area contributed by atoms with Crippen molar-refractivity contribution < 1.29 is 5.11 Å². The Balaban J connectivity index is 2.17. The highest BCUT2D eigenvalue weighted by atomic mass is 16.3. The van der Waals surface area contributed by atoms with Crippen LogP contribution in [0.1, 0.15) is 30.0 Å². The Bertz CT molecular complexity index is 490. The van der Waals surface area contributed by atoms with E-state index in [1.807, 2.05) is 42.0 Å². The zero-order chi connectivity index (χ0) is 12.3. The third-order valence-corrected chi connectivity index (χ3v) is 3.04. The molecule has 1 heterocycles. The van der Waals surface area contributed by atoms with Gasteiger partial charge >= 0.3 is 0 Å². The van der Waals surface area contributed by atoms with Crippen LogP contribution in [-0.2, 0) is 13.0 Å². The molecule has 2 aromatic rings. The van der Waals surface area contributed by atoms with Crippen molar-refractivity contribution >= 4 is 0 Å². The molecule has 0 aliphatic heterocycles. The van der Waals surface area contributed by atoms with Crippen LogP contribution in [0.3, 0.4) is 0 Å². The molecular weight excluding hydrogens is 212 g/mol. The van der Waals surface area contributed by atoms with E-state index in [1.54, 1.807) is 6.20 Å². The van der Waals surface area contributed by atoms with Gasteiger partial charge < -0.3 is 9.67 Å². The van der Waals surface area contributed by atoms with Gasteiger partial charge in [-0.25, -0.2) is 4.98 Å². The monoisotopic (exact) mass is 230 g/mol. The molecule has 0 saturated heterocycles. The first-order chi connectivity index (χ1) is 8.22. The van der Waals surface area contributed by atoms with Crippen molar-refractivity contribution in [3.05, 3.63) is 53.6 Å². The van der Waals surface area contributed by atoms with E-state index in [0.717, 1.165) is 23.4 Å². The molecule has 0 spiro atoms. The summed E-state index contributed by atoms with van der Waals surface area (Å²) < 4.78 is 2.01. The predicted octanol–water partition coefficient (Wildman–Crippen LogP) is 2.49. The standard InChI is InChI=1S/C14H18N2O/c1-3-14-15-8-9-16(14)10-13(17)12-7-5-4-6-11(12)2/h4-9,13,17H,3,10H2,1-2H3. The van der Waals surface area contributed by atoms with Crippen LogP contribution in [0.2, 0.25) is 0 Å². The maximum Gasteiger partial charge on any atom is 0.108 e. The van der Waals surface area contributed by atoms with Crippen LogP contribution >= 0.6 is 0 Å². The molecule has 0 aliphatic rings. The van der Waals surface area contributed by atoms with Gasteiger partial charge in [-0.2, -0.15) is 0 Å². The molecule has 1 N–H and O–H groups in total. The number of rotatable bonds is 4. The molecule has 1 unspecified atom stereocenters. The van der Waals surface area contributed by atoms with E-state index in [2.05, 4.69) is 11.9 Å². The number of hydrogen-bond donors (Lipinski definition) is 1. The molecule has 0 bridgehead atoms. The third-order valence-electron chi connectivity index (χ3n) is 3.04. The Kier molecular flexibility index (Phi) is 3.59. The Labute approximate surface area is 102 Å². The summed E-state index contributed by atoms with van der Waals surface area (Å²) in [6.45, 7) is 4.65. The number of aliphatic hydroxyl groups is 1. The molecule has 0 amide bonds. The van der Waals surface area contributed by atoms with Crippen LogP contribution in [-0.4, -0.2) is 14.7 Å². The van der Waals surface area contributed by atoms with Crippen molar-refractivity contribution in [1.82, 2.24) is 9.55 Å². The maximum absolute atomic E-state index is 10.2. The van der Waals surface area contributed by atoms with Gasteiger partial charge in [0.25, 0.3) is 0 Å². The van der Waals surface area contributed by atoms with Gasteiger partial charge in [0.15, 0.2) is 0 Å². The SMILES string of the molecule is CCc1nccn1CC(O)c1ccccc1C. The quantitative estimate of drug-likeness (QED) is 0.876. The van der Waals surface area contributed by atoms with Gasteiger partial charge in [0.1, 0.15) is 5.82 Å². The van der Waals surface area contributed by atoms with Crippen molar-refractivity contribution in [2.75, 3.05) is 0 Å². The second-order valence-corrected chi connectivity index (χ2v) is 4.22. The van der Waals surface area contributed by atoms with E-state index in [0.29, 0.717) is 6.54 Å². The second kappa shape index (κ2) is 5.15. The average Bonchev–Trinajstić information content (AvgIpc) is 2.76. The van der Waals surface area contributed by atoms with Gasteiger partial charge in [0.05, 0.1) is 12.6 Å². The number of aliphatic hydroxyl groups excluding tert-OH is 1. The highest BCUT2D eigenvalue weighted by Crippen LogP contribution is 2.19. The first-order valence-electron chi connectivity index (χ1n) is 5.96. The molecule has 1 atom stereocenters. The van der Waals surface area contributed by atoms with Crippen LogP contribution in [0.25, 0.3) is 0 Å². The number of hydrogen-bond acceptors (Lipinski definition) is 2. The van der Waals surface area contributed by atoms with E-state index in [1.165, 1.54) is 0 Å². The summed E-state index contributed by atoms with van der Waals surface area (Å²) in [5, 5.41) is 10.2. The molecule has 2 rings (SSSR count). The lowest BCUT2D eigenvalue weighted by atomic mass is 10.0. The highest BCUT2D eigenvalue weighted by Gasteiger charge is 2.11. The summed E-state index contributed by atoms with van der Waals surface area (Å²) in [6.07, 6.45) is 4.10. The Morgan fingerprint density at radius 2 is 2.12 bits per heavy atom. The molecule has 0 saturated carbocycles. The van der Waals surface area contributed by atoms with Crippen molar-refractivity contribution in [3.8, 4) is 0 Å². The van der Waals surface area contributed by atoms with E-state index < -0.39 is 6.10 Å². The summed E-state index contributed by atoms with van der Waals surface area (Å²) in [4.78, 5) is 4.26. The van der Waals surface area contributed by atoms with Crippen LogP contribution in [0.5, 0.6) is 0 Å². The molecule has 17 heavy (non-hydrogen) atoms. The van der Waals surface area contributed by atoms with Crippen molar-refractivity contribution in [2.45, 2.75) is 32.9 Å². The molecular formula is C14H18N2O. The fourth-order valence-electron chi connectivity index (χ4n) is 2.07. The lowest BCUT2D eigenvalue weighted by Crippen LogP contribution is -2.11. The van der Waals surface area contributed by atoms with Crippen molar-refractivity contribution in [1.29, 1.82) is 0 Å². The van der Waals surface area contributed by atoms with Crippen LogP contribution < -0.4 is 0 Å². The summed E-state index contributed by atoms with van der Waals surface area (Å²) >= 11 is 0. The minimum atomic E-state index is -0.476. The van der Waals surface area contributed by atoms with E-state index in [4.69, 9.17) is 0 Å². The van der Waals surface area contributed by atoms with Gasteiger partial charge in [-0.1, -0.05) is 31.2 Å². The van der Waals surface area contributed by atoms with E-state index in [9.17, 15) is 5.11 Å². The summed E-state index contributed by atoms with van der Waals surface area (Å²) in [6, 6.07) is 7.94. The molecule has 1 aromatic carbocycles. The zero-order valence-corrected chi connectivity index (χ0v) is 10.3. The van der Waals surface area contributed by atoms with E-state index >= 15 is 0 Å². The Morgan fingerprint density at radius 3 is 2.82 bits per heavy atom. The van der Waals surface area contributed by atoms with Gasteiger partial charge in [-0.05, 0) is 18.1 Å².